The van der Waals surface area contributed by atoms with Crippen LogP contribution in [0.4, 0.5) is 0 Å². The summed E-state index contributed by atoms with van der Waals surface area (Å²) in [5.41, 5.74) is 0. The number of aliphatic hydroxyl groups excluding tert-OH is 2. The maximum Gasteiger partial charge on any atom is 0.0474 e. The van der Waals surface area contributed by atoms with Gasteiger partial charge in [0, 0.05) is 25.3 Å². The Labute approximate surface area is 86.5 Å². The minimum atomic E-state index is 0.278. The van der Waals surface area contributed by atoms with Gasteiger partial charge in [0.05, 0.1) is 0 Å². The monoisotopic (exact) mass is 201 g/mol. The zero-order valence-electron chi connectivity index (χ0n) is 9.08. The third-order valence-corrected chi connectivity index (χ3v) is 3.19. The Kier molecular flexibility index (Phi) is 5.45. The lowest BCUT2D eigenvalue weighted by molar-refractivity contribution is 0.197. The van der Waals surface area contributed by atoms with E-state index in [1.807, 2.05) is 0 Å². The first-order valence-corrected chi connectivity index (χ1v) is 5.75. The third-order valence-electron chi connectivity index (χ3n) is 3.19. The molecule has 0 aromatic rings. The van der Waals surface area contributed by atoms with Crippen LogP contribution in [0.5, 0.6) is 0 Å². The van der Waals surface area contributed by atoms with Crippen molar-refractivity contribution < 1.29 is 10.2 Å². The second kappa shape index (κ2) is 6.38. The molecule has 1 fully saturated rings. The summed E-state index contributed by atoms with van der Waals surface area (Å²) >= 11 is 0. The van der Waals surface area contributed by atoms with Crippen LogP contribution in [0.2, 0.25) is 0 Å². The SMILES string of the molecule is CC(CCCO)NC1CCCC1CO. The van der Waals surface area contributed by atoms with Gasteiger partial charge >= 0.3 is 0 Å². The molecule has 1 aliphatic carbocycles. The number of nitrogens with one attached hydrogen (secondary N) is 1. The maximum atomic E-state index is 9.15. The molecule has 1 saturated carbocycles. The van der Waals surface area contributed by atoms with Crippen LogP contribution in [0, 0.1) is 5.92 Å². The predicted octanol–water partition coefficient (Wildman–Crippen LogP) is 0.898. The molecule has 3 unspecified atom stereocenters. The van der Waals surface area contributed by atoms with E-state index in [-0.39, 0.29) is 6.61 Å². The van der Waals surface area contributed by atoms with Crippen molar-refractivity contribution in [3.8, 4) is 0 Å². The molecule has 3 atom stereocenters. The van der Waals surface area contributed by atoms with Crippen LogP contribution < -0.4 is 5.32 Å². The first-order chi connectivity index (χ1) is 6.77. The van der Waals surface area contributed by atoms with E-state index in [0.717, 1.165) is 19.3 Å². The van der Waals surface area contributed by atoms with Gasteiger partial charge in [-0.3, -0.25) is 0 Å². The summed E-state index contributed by atoms with van der Waals surface area (Å²) in [5.74, 6) is 0.451. The lowest BCUT2D eigenvalue weighted by Gasteiger charge is -2.23. The van der Waals surface area contributed by atoms with Crippen LogP contribution in [0.15, 0.2) is 0 Å². The minimum Gasteiger partial charge on any atom is -0.396 e. The molecule has 0 spiro atoms. The second-order valence-corrected chi connectivity index (χ2v) is 4.41. The topological polar surface area (TPSA) is 52.5 Å². The van der Waals surface area contributed by atoms with E-state index in [1.54, 1.807) is 0 Å². The lowest BCUT2D eigenvalue weighted by atomic mass is 10.0. The van der Waals surface area contributed by atoms with Crippen LogP contribution >= 0.6 is 0 Å². The van der Waals surface area contributed by atoms with Gasteiger partial charge in [-0.15, -0.1) is 0 Å². The summed E-state index contributed by atoms with van der Waals surface area (Å²) in [6.07, 6.45) is 5.46. The molecule has 3 N–H and O–H groups in total. The molecule has 0 saturated heterocycles. The lowest BCUT2D eigenvalue weighted by Crippen LogP contribution is -2.40. The van der Waals surface area contributed by atoms with Crippen molar-refractivity contribution in [1.29, 1.82) is 0 Å². The Morgan fingerprint density at radius 2 is 2.14 bits per heavy atom. The van der Waals surface area contributed by atoms with Crippen LogP contribution in [0.3, 0.4) is 0 Å². The van der Waals surface area contributed by atoms with Gasteiger partial charge in [0.15, 0.2) is 0 Å². The Bertz CT molecular complexity index is 152. The van der Waals surface area contributed by atoms with E-state index in [9.17, 15) is 0 Å². The molecule has 0 radical (unpaired) electrons. The molecule has 14 heavy (non-hydrogen) atoms. The van der Waals surface area contributed by atoms with E-state index in [1.165, 1.54) is 12.8 Å². The number of rotatable bonds is 6. The Morgan fingerprint density at radius 1 is 1.36 bits per heavy atom. The Morgan fingerprint density at radius 3 is 2.79 bits per heavy atom. The molecular weight excluding hydrogens is 178 g/mol. The molecule has 84 valence electrons. The van der Waals surface area contributed by atoms with Crippen LogP contribution in [-0.4, -0.2) is 35.5 Å². The smallest absolute Gasteiger partial charge is 0.0474 e. The van der Waals surface area contributed by atoms with Gasteiger partial charge in [-0.1, -0.05) is 6.42 Å². The summed E-state index contributed by atoms with van der Waals surface area (Å²) in [6.45, 7) is 2.74. The molecule has 1 rings (SSSR count). The maximum absolute atomic E-state index is 9.15. The summed E-state index contributed by atoms with van der Waals surface area (Å²) in [4.78, 5) is 0. The molecule has 3 nitrogen and oxygen atoms in total. The first-order valence-electron chi connectivity index (χ1n) is 5.75. The second-order valence-electron chi connectivity index (χ2n) is 4.41. The highest BCUT2D eigenvalue weighted by Crippen LogP contribution is 2.25. The summed E-state index contributed by atoms with van der Waals surface area (Å²) in [5, 5.41) is 21.4. The number of hydrogen-bond acceptors (Lipinski definition) is 3. The van der Waals surface area contributed by atoms with Gasteiger partial charge < -0.3 is 15.5 Å². The first kappa shape index (κ1) is 12.0. The zero-order valence-corrected chi connectivity index (χ0v) is 9.08. The van der Waals surface area contributed by atoms with E-state index >= 15 is 0 Å². The molecule has 0 aromatic heterocycles. The summed E-state index contributed by atoms with van der Waals surface area (Å²) in [6, 6.07) is 0.952. The Hall–Kier alpha value is -0.120. The minimum absolute atomic E-state index is 0.278. The summed E-state index contributed by atoms with van der Waals surface area (Å²) < 4.78 is 0. The molecular formula is C11H23NO2. The molecule has 0 amide bonds. The quantitative estimate of drug-likeness (QED) is 0.598. The molecule has 0 aromatic carbocycles. The van der Waals surface area contributed by atoms with Gasteiger partial charge in [0.25, 0.3) is 0 Å². The predicted molar refractivity (Wildman–Crippen MR) is 57.1 cm³/mol. The van der Waals surface area contributed by atoms with Crippen molar-refractivity contribution >= 4 is 0 Å². The highest BCUT2D eigenvalue weighted by atomic mass is 16.3. The van der Waals surface area contributed by atoms with E-state index in [0.29, 0.717) is 24.6 Å². The normalized spacial score (nSPS) is 29.4. The standard InChI is InChI=1S/C11H23NO2/c1-9(4-3-7-13)12-11-6-2-5-10(11)8-14/h9-14H,2-8H2,1H3. The average Bonchev–Trinajstić information content (AvgIpc) is 2.62. The van der Waals surface area contributed by atoms with E-state index in [4.69, 9.17) is 10.2 Å². The van der Waals surface area contributed by atoms with Crippen LogP contribution in [-0.2, 0) is 0 Å². The highest BCUT2D eigenvalue weighted by molar-refractivity contribution is 4.84. The highest BCUT2D eigenvalue weighted by Gasteiger charge is 2.26. The van der Waals surface area contributed by atoms with Gasteiger partial charge in [0.2, 0.25) is 0 Å². The van der Waals surface area contributed by atoms with Gasteiger partial charge in [-0.05, 0) is 38.5 Å². The molecule has 0 heterocycles. The van der Waals surface area contributed by atoms with Crippen molar-refractivity contribution in [2.45, 2.75) is 51.1 Å². The van der Waals surface area contributed by atoms with Crippen molar-refractivity contribution in [3.05, 3.63) is 0 Å². The third kappa shape index (κ3) is 3.56. The fourth-order valence-electron chi connectivity index (χ4n) is 2.32. The fraction of sp³-hybridized carbons (Fsp3) is 1.00. The Balaban J connectivity index is 2.21. The average molecular weight is 201 g/mol. The van der Waals surface area contributed by atoms with Crippen LogP contribution in [0.1, 0.15) is 39.0 Å². The molecule has 0 bridgehead atoms. The van der Waals surface area contributed by atoms with Crippen LogP contribution in [0.25, 0.3) is 0 Å². The summed E-state index contributed by atoms with van der Waals surface area (Å²) in [7, 11) is 0. The largest absolute Gasteiger partial charge is 0.396 e. The molecule has 1 aliphatic rings. The fourth-order valence-corrected chi connectivity index (χ4v) is 2.32. The van der Waals surface area contributed by atoms with Crippen molar-refractivity contribution in [3.63, 3.8) is 0 Å². The number of aliphatic hydroxyl groups is 2. The molecule has 0 aliphatic heterocycles. The van der Waals surface area contributed by atoms with Crippen molar-refractivity contribution in [2.24, 2.45) is 5.92 Å². The molecule has 3 heteroatoms. The van der Waals surface area contributed by atoms with E-state index in [2.05, 4.69) is 12.2 Å². The van der Waals surface area contributed by atoms with Gasteiger partial charge in [0.1, 0.15) is 0 Å². The van der Waals surface area contributed by atoms with E-state index < -0.39 is 0 Å². The number of hydrogen-bond donors (Lipinski definition) is 3. The van der Waals surface area contributed by atoms with Gasteiger partial charge in [-0.25, -0.2) is 0 Å². The van der Waals surface area contributed by atoms with Gasteiger partial charge in [-0.2, -0.15) is 0 Å². The zero-order chi connectivity index (χ0) is 10.4. The van der Waals surface area contributed by atoms with Crippen molar-refractivity contribution in [2.75, 3.05) is 13.2 Å². The van der Waals surface area contributed by atoms with Crippen molar-refractivity contribution in [1.82, 2.24) is 5.32 Å².